The summed E-state index contributed by atoms with van der Waals surface area (Å²) in [6, 6.07) is 8.20. The summed E-state index contributed by atoms with van der Waals surface area (Å²) in [5.41, 5.74) is 2.56. The van der Waals surface area contributed by atoms with E-state index in [0.717, 1.165) is 11.6 Å². The zero-order valence-electron chi connectivity index (χ0n) is 9.84. The molecule has 0 fully saturated rings. The summed E-state index contributed by atoms with van der Waals surface area (Å²) in [5.74, 6) is 0. The first-order valence-electron chi connectivity index (χ1n) is 5.47. The van der Waals surface area contributed by atoms with Gasteiger partial charge in [0.25, 0.3) is 0 Å². The summed E-state index contributed by atoms with van der Waals surface area (Å²) in [5, 5.41) is 2.03. The quantitative estimate of drug-likeness (QED) is 0.663. The minimum atomic E-state index is 0.806. The number of halogens is 1. The largest absolute Gasteiger partial charge is 0.345 e. The van der Waals surface area contributed by atoms with Crippen molar-refractivity contribution in [3.05, 3.63) is 35.0 Å². The fraction of sp³-hybridized carbons (Fsp3) is 0.385. The van der Waals surface area contributed by atoms with Crippen molar-refractivity contribution >= 4 is 22.5 Å². The first kappa shape index (κ1) is 12.1. The van der Waals surface area contributed by atoms with Crippen molar-refractivity contribution in [2.45, 2.75) is 34.2 Å². The molecule has 1 aromatic heterocycles. The van der Waals surface area contributed by atoms with E-state index in [0.29, 0.717) is 0 Å². The van der Waals surface area contributed by atoms with Crippen LogP contribution in [0.15, 0.2) is 24.3 Å². The molecule has 2 aromatic rings. The van der Waals surface area contributed by atoms with Gasteiger partial charge in [0.2, 0.25) is 0 Å². The highest BCUT2D eigenvalue weighted by molar-refractivity contribution is 6.31. The number of hydrogen-bond acceptors (Lipinski definition) is 0. The molecule has 0 atom stereocenters. The predicted octanol–water partition coefficient (Wildman–Crippen LogP) is 4.65. The monoisotopic (exact) mass is 223 g/mol. The first-order chi connectivity index (χ1) is 7.22. The zero-order valence-corrected chi connectivity index (χ0v) is 10.6. The average molecular weight is 224 g/mol. The van der Waals surface area contributed by atoms with Crippen LogP contribution in [-0.4, -0.2) is 4.57 Å². The zero-order chi connectivity index (χ0) is 11.4. The van der Waals surface area contributed by atoms with Crippen LogP contribution in [0.25, 0.3) is 10.9 Å². The lowest BCUT2D eigenvalue weighted by Gasteiger charge is -2.02. The molecule has 2 rings (SSSR count). The van der Waals surface area contributed by atoms with E-state index < -0.39 is 0 Å². The van der Waals surface area contributed by atoms with Gasteiger partial charge in [0.05, 0.1) is 0 Å². The van der Waals surface area contributed by atoms with Crippen LogP contribution >= 0.6 is 11.6 Å². The molecule has 0 saturated carbocycles. The van der Waals surface area contributed by atoms with E-state index in [1.165, 1.54) is 16.6 Å². The molecule has 1 aromatic carbocycles. The maximum atomic E-state index is 5.91. The Balaban J connectivity index is 0.000000531. The molecule has 0 spiro atoms. The molecular weight excluding hydrogens is 206 g/mol. The van der Waals surface area contributed by atoms with E-state index in [9.17, 15) is 0 Å². The molecule has 2 heteroatoms. The Morgan fingerprint density at radius 2 is 1.87 bits per heavy atom. The summed E-state index contributed by atoms with van der Waals surface area (Å²) >= 11 is 5.91. The summed E-state index contributed by atoms with van der Waals surface area (Å²) < 4.78 is 2.28. The van der Waals surface area contributed by atoms with Crippen molar-refractivity contribution in [1.82, 2.24) is 4.57 Å². The number of aromatic nitrogens is 1. The van der Waals surface area contributed by atoms with Gasteiger partial charge in [-0.2, -0.15) is 0 Å². The standard InChI is InChI=1S/C11H12ClN.C2H6/c1-3-13-8(2)6-9-7-10(12)4-5-11(9)13;1-2/h4-7H,3H2,1-2H3;1-2H3. The molecule has 0 aliphatic rings. The van der Waals surface area contributed by atoms with Gasteiger partial charge in [-0.3, -0.25) is 0 Å². The number of aryl methyl sites for hydroxylation is 2. The Hall–Kier alpha value is -0.950. The number of nitrogens with zero attached hydrogens (tertiary/aromatic N) is 1. The molecule has 82 valence electrons. The normalized spacial score (nSPS) is 9.93. The lowest BCUT2D eigenvalue weighted by atomic mass is 10.2. The van der Waals surface area contributed by atoms with Gasteiger partial charge in [-0.25, -0.2) is 0 Å². The highest BCUT2D eigenvalue weighted by Gasteiger charge is 2.03. The second kappa shape index (κ2) is 5.22. The van der Waals surface area contributed by atoms with Crippen molar-refractivity contribution in [1.29, 1.82) is 0 Å². The van der Waals surface area contributed by atoms with Crippen molar-refractivity contribution < 1.29 is 0 Å². The number of fused-ring (bicyclic) bond motifs is 1. The van der Waals surface area contributed by atoms with Crippen molar-refractivity contribution in [3.8, 4) is 0 Å². The van der Waals surface area contributed by atoms with Gasteiger partial charge in [0.15, 0.2) is 0 Å². The SMILES string of the molecule is CC.CCn1c(C)cc2cc(Cl)ccc21. The van der Waals surface area contributed by atoms with Gasteiger partial charge in [-0.15, -0.1) is 0 Å². The van der Waals surface area contributed by atoms with Gasteiger partial charge >= 0.3 is 0 Å². The van der Waals surface area contributed by atoms with E-state index in [4.69, 9.17) is 11.6 Å². The maximum absolute atomic E-state index is 5.91. The highest BCUT2D eigenvalue weighted by atomic mass is 35.5. The van der Waals surface area contributed by atoms with Crippen LogP contribution in [-0.2, 0) is 6.54 Å². The number of hydrogen-bond donors (Lipinski definition) is 0. The summed E-state index contributed by atoms with van der Waals surface area (Å²) in [4.78, 5) is 0. The van der Waals surface area contributed by atoms with Gasteiger partial charge in [-0.1, -0.05) is 25.4 Å². The van der Waals surface area contributed by atoms with E-state index >= 15 is 0 Å². The van der Waals surface area contributed by atoms with Crippen molar-refractivity contribution in [3.63, 3.8) is 0 Å². The smallest absolute Gasteiger partial charge is 0.0483 e. The van der Waals surface area contributed by atoms with Crippen LogP contribution in [0.2, 0.25) is 5.02 Å². The van der Waals surface area contributed by atoms with E-state index in [-0.39, 0.29) is 0 Å². The lowest BCUT2D eigenvalue weighted by Crippen LogP contribution is -1.94. The molecule has 0 bridgehead atoms. The van der Waals surface area contributed by atoms with Crippen molar-refractivity contribution in [2.24, 2.45) is 0 Å². The van der Waals surface area contributed by atoms with Gasteiger partial charge in [0.1, 0.15) is 0 Å². The molecule has 0 unspecified atom stereocenters. The molecule has 0 N–H and O–H groups in total. The molecule has 0 aliphatic heterocycles. The number of benzene rings is 1. The molecule has 1 heterocycles. The molecular formula is C13H18ClN. The summed E-state index contributed by atoms with van der Waals surface area (Å²) in [7, 11) is 0. The fourth-order valence-electron chi connectivity index (χ4n) is 1.80. The Bertz CT molecular complexity index is 443. The fourth-order valence-corrected chi connectivity index (χ4v) is 1.98. The molecule has 0 amide bonds. The third kappa shape index (κ3) is 2.35. The van der Waals surface area contributed by atoms with Crippen LogP contribution in [0.1, 0.15) is 26.5 Å². The summed E-state index contributed by atoms with van der Waals surface area (Å²) in [6.07, 6.45) is 0. The van der Waals surface area contributed by atoms with Crippen LogP contribution in [0.4, 0.5) is 0 Å². The second-order valence-electron chi connectivity index (χ2n) is 3.23. The van der Waals surface area contributed by atoms with Gasteiger partial charge < -0.3 is 4.57 Å². The molecule has 1 nitrogen and oxygen atoms in total. The Labute approximate surface area is 96.7 Å². The first-order valence-corrected chi connectivity index (χ1v) is 5.85. The van der Waals surface area contributed by atoms with Crippen molar-refractivity contribution in [2.75, 3.05) is 0 Å². The molecule has 15 heavy (non-hydrogen) atoms. The van der Waals surface area contributed by atoms with Crippen LogP contribution in [0.5, 0.6) is 0 Å². The van der Waals surface area contributed by atoms with Gasteiger partial charge in [-0.05, 0) is 38.1 Å². The van der Waals surface area contributed by atoms with E-state index in [1.807, 2.05) is 26.0 Å². The topological polar surface area (TPSA) is 4.93 Å². The minimum Gasteiger partial charge on any atom is -0.345 e. The highest BCUT2D eigenvalue weighted by Crippen LogP contribution is 2.22. The molecule has 0 saturated heterocycles. The Kier molecular flexibility index (Phi) is 4.22. The molecule has 0 radical (unpaired) electrons. The van der Waals surface area contributed by atoms with Gasteiger partial charge in [0, 0.05) is 28.2 Å². The second-order valence-corrected chi connectivity index (χ2v) is 3.67. The number of rotatable bonds is 1. The Morgan fingerprint density at radius 1 is 1.20 bits per heavy atom. The van der Waals surface area contributed by atoms with E-state index in [2.05, 4.69) is 30.5 Å². The third-order valence-electron chi connectivity index (χ3n) is 2.39. The van der Waals surface area contributed by atoms with E-state index in [1.54, 1.807) is 0 Å². The van der Waals surface area contributed by atoms with Crippen LogP contribution in [0, 0.1) is 6.92 Å². The van der Waals surface area contributed by atoms with Crippen LogP contribution in [0.3, 0.4) is 0 Å². The third-order valence-corrected chi connectivity index (χ3v) is 2.62. The molecule has 0 aliphatic carbocycles. The lowest BCUT2D eigenvalue weighted by molar-refractivity contribution is 0.770. The minimum absolute atomic E-state index is 0.806. The Morgan fingerprint density at radius 3 is 2.47 bits per heavy atom. The maximum Gasteiger partial charge on any atom is 0.0483 e. The predicted molar refractivity (Wildman–Crippen MR) is 68.7 cm³/mol. The summed E-state index contributed by atoms with van der Waals surface area (Å²) in [6.45, 7) is 9.29. The van der Waals surface area contributed by atoms with Crippen LogP contribution < -0.4 is 0 Å². The average Bonchev–Trinajstić information content (AvgIpc) is 2.55.